The second kappa shape index (κ2) is 8.12. The number of oxazole rings is 1. The molecular weight excluding hydrogens is 350 g/mol. The highest BCUT2D eigenvalue weighted by atomic mass is 19.1. The Balaban J connectivity index is 1.58. The smallest absolute Gasteiger partial charge is 0.223 e. The molecule has 27 heavy (non-hydrogen) atoms. The van der Waals surface area contributed by atoms with Gasteiger partial charge >= 0.3 is 0 Å². The van der Waals surface area contributed by atoms with Crippen molar-refractivity contribution in [2.45, 2.75) is 25.8 Å². The molecule has 0 fully saturated rings. The molecule has 0 aliphatic heterocycles. The van der Waals surface area contributed by atoms with Gasteiger partial charge in [-0.05, 0) is 48.9 Å². The van der Waals surface area contributed by atoms with E-state index in [-0.39, 0.29) is 30.0 Å². The van der Waals surface area contributed by atoms with Gasteiger partial charge in [0.2, 0.25) is 5.91 Å². The number of carbonyl (C=O) groups is 1. The van der Waals surface area contributed by atoms with Crippen LogP contribution in [-0.4, -0.2) is 22.8 Å². The Morgan fingerprint density at radius 2 is 1.67 bits per heavy atom. The Labute approximate surface area is 156 Å². The first kappa shape index (κ1) is 18.8. The molecule has 1 amide bonds. The molecule has 2 aromatic carbocycles. The van der Waals surface area contributed by atoms with Gasteiger partial charge in [-0.15, -0.1) is 0 Å². The Kier molecular flexibility index (Phi) is 5.64. The van der Waals surface area contributed by atoms with Crippen LogP contribution in [0.2, 0.25) is 0 Å². The van der Waals surface area contributed by atoms with E-state index in [0.29, 0.717) is 18.1 Å². The van der Waals surface area contributed by atoms with Crippen LogP contribution in [0.5, 0.6) is 0 Å². The van der Waals surface area contributed by atoms with Crippen molar-refractivity contribution in [1.29, 1.82) is 0 Å². The number of nitrogens with zero attached hydrogens (tertiary/aromatic N) is 2. The molecular formula is C21H20F2N2O2. The molecule has 6 heteroatoms. The molecule has 4 nitrogen and oxygen atoms in total. The summed E-state index contributed by atoms with van der Waals surface area (Å²) < 4.78 is 31.7. The van der Waals surface area contributed by atoms with Gasteiger partial charge < -0.3 is 9.32 Å². The minimum Gasteiger partial charge on any atom is -0.441 e. The van der Waals surface area contributed by atoms with Gasteiger partial charge in [0.1, 0.15) is 11.6 Å². The summed E-state index contributed by atoms with van der Waals surface area (Å²) in [6, 6.07) is 11.9. The Hall–Kier alpha value is -3.02. The summed E-state index contributed by atoms with van der Waals surface area (Å²) >= 11 is 0. The fourth-order valence-corrected chi connectivity index (χ4v) is 2.74. The molecule has 0 saturated carbocycles. The van der Waals surface area contributed by atoms with E-state index in [9.17, 15) is 13.6 Å². The molecule has 3 rings (SSSR count). The molecule has 0 saturated heterocycles. The van der Waals surface area contributed by atoms with Crippen LogP contribution < -0.4 is 0 Å². The highest BCUT2D eigenvalue weighted by Gasteiger charge is 2.18. The first-order valence-electron chi connectivity index (χ1n) is 8.66. The van der Waals surface area contributed by atoms with Crippen LogP contribution in [0.25, 0.3) is 11.3 Å². The number of hydrogen-bond acceptors (Lipinski definition) is 3. The predicted octanol–water partition coefficient (Wildman–Crippen LogP) is 4.77. The molecule has 0 aliphatic carbocycles. The van der Waals surface area contributed by atoms with E-state index in [1.165, 1.54) is 24.3 Å². The molecule has 1 atom stereocenters. The molecule has 3 aromatic rings. The molecule has 1 aromatic heterocycles. The van der Waals surface area contributed by atoms with Gasteiger partial charge in [-0.1, -0.05) is 12.1 Å². The van der Waals surface area contributed by atoms with E-state index in [2.05, 4.69) is 4.98 Å². The minimum atomic E-state index is -0.317. The molecule has 0 bridgehead atoms. The van der Waals surface area contributed by atoms with Crippen molar-refractivity contribution >= 4 is 5.91 Å². The second-order valence-corrected chi connectivity index (χ2v) is 6.36. The molecule has 1 unspecified atom stereocenters. The van der Waals surface area contributed by atoms with Crippen molar-refractivity contribution < 1.29 is 18.0 Å². The van der Waals surface area contributed by atoms with Gasteiger partial charge in [0.05, 0.1) is 12.2 Å². The summed E-state index contributed by atoms with van der Waals surface area (Å²) in [4.78, 5) is 18.3. The summed E-state index contributed by atoms with van der Waals surface area (Å²) in [5, 5.41) is 0. The van der Waals surface area contributed by atoms with Crippen molar-refractivity contribution in [1.82, 2.24) is 9.88 Å². The number of aryl methyl sites for hydroxylation is 1. The van der Waals surface area contributed by atoms with E-state index >= 15 is 0 Å². The van der Waals surface area contributed by atoms with Gasteiger partial charge in [0.25, 0.3) is 0 Å². The Morgan fingerprint density at radius 3 is 2.30 bits per heavy atom. The van der Waals surface area contributed by atoms with Gasteiger partial charge in [-0.2, -0.15) is 0 Å². The third-order valence-electron chi connectivity index (χ3n) is 4.56. The van der Waals surface area contributed by atoms with E-state index < -0.39 is 0 Å². The molecule has 0 radical (unpaired) electrons. The summed E-state index contributed by atoms with van der Waals surface area (Å²) in [6.45, 7) is 1.89. The average molecular weight is 370 g/mol. The zero-order valence-corrected chi connectivity index (χ0v) is 15.2. The van der Waals surface area contributed by atoms with Crippen LogP contribution in [0.15, 0.2) is 59.1 Å². The van der Waals surface area contributed by atoms with E-state index in [1.54, 1.807) is 42.4 Å². The summed E-state index contributed by atoms with van der Waals surface area (Å²) in [7, 11) is 1.72. The maximum absolute atomic E-state index is 13.0. The van der Waals surface area contributed by atoms with Crippen LogP contribution in [0.4, 0.5) is 8.78 Å². The number of amides is 1. The van der Waals surface area contributed by atoms with Crippen molar-refractivity contribution in [2.24, 2.45) is 0 Å². The maximum Gasteiger partial charge on any atom is 0.223 e. The van der Waals surface area contributed by atoms with Crippen LogP contribution in [0.3, 0.4) is 0 Å². The molecule has 140 valence electrons. The number of aromatic nitrogens is 1. The zero-order valence-electron chi connectivity index (χ0n) is 15.2. The van der Waals surface area contributed by atoms with Gasteiger partial charge in [0.15, 0.2) is 11.7 Å². The summed E-state index contributed by atoms with van der Waals surface area (Å²) in [6.07, 6.45) is 2.17. The highest BCUT2D eigenvalue weighted by Crippen LogP contribution is 2.23. The topological polar surface area (TPSA) is 46.3 Å². The van der Waals surface area contributed by atoms with Crippen molar-refractivity contribution in [3.63, 3.8) is 0 Å². The van der Waals surface area contributed by atoms with Crippen molar-refractivity contribution in [2.75, 3.05) is 7.05 Å². The molecule has 0 spiro atoms. The standard InChI is InChI=1S/C21H20F2N2O2/c1-14(15-3-7-17(22)8-4-15)25(2)21(26)12-11-20-24-13-19(27-20)16-5-9-18(23)10-6-16/h3-10,13-14H,11-12H2,1-2H3. The van der Waals surface area contributed by atoms with Crippen LogP contribution >= 0.6 is 0 Å². The Morgan fingerprint density at radius 1 is 1.07 bits per heavy atom. The van der Waals surface area contributed by atoms with Crippen molar-refractivity contribution in [3.05, 3.63) is 77.8 Å². The lowest BCUT2D eigenvalue weighted by Gasteiger charge is -2.25. The van der Waals surface area contributed by atoms with Crippen LogP contribution in [0.1, 0.15) is 30.8 Å². The highest BCUT2D eigenvalue weighted by molar-refractivity contribution is 5.76. The number of halogens is 2. The number of benzene rings is 2. The van der Waals surface area contributed by atoms with Crippen LogP contribution in [0, 0.1) is 11.6 Å². The fraction of sp³-hybridized carbons (Fsp3) is 0.238. The first-order valence-corrected chi connectivity index (χ1v) is 8.66. The third kappa shape index (κ3) is 4.58. The Bertz CT molecular complexity index is 905. The van der Waals surface area contributed by atoms with Crippen LogP contribution in [-0.2, 0) is 11.2 Å². The monoisotopic (exact) mass is 370 g/mol. The first-order chi connectivity index (χ1) is 12.9. The number of rotatable bonds is 6. The SMILES string of the molecule is CC(c1ccc(F)cc1)N(C)C(=O)CCc1ncc(-c2ccc(F)cc2)o1. The normalized spacial score (nSPS) is 12.0. The predicted molar refractivity (Wildman–Crippen MR) is 97.8 cm³/mol. The van der Waals surface area contributed by atoms with Gasteiger partial charge in [-0.25, -0.2) is 13.8 Å². The lowest BCUT2D eigenvalue weighted by Crippen LogP contribution is -2.29. The minimum absolute atomic E-state index is 0.0617. The largest absolute Gasteiger partial charge is 0.441 e. The fourth-order valence-electron chi connectivity index (χ4n) is 2.74. The second-order valence-electron chi connectivity index (χ2n) is 6.36. The summed E-state index contributed by atoms with van der Waals surface area (Å²) in [5.41, 5.74) is 1.59. The number of carbonyl (C=O) groups excluding carboxylic acids is 1. The third-order valence-corrected chi connectivity index (χ3v) is 4.56. The maximum atomic E-state index is 13.0. The lowest BCUT2D eigenvalue weighted by atomic mass is 10.1. The quantitative estimate of drug-likeness (QED) is 0.628. The summed E-state index contributed by atoms with van der Waals surface area (Å²) in [5.74, 6) is 0.299. The van der Waals surface area contributed by atoms with Gasteiger partial charge in [0, 0.05) is 25.5 Å². The van der Waals surface area contributed by atoms with E-state index in [0.717, 1.165) is 11.1 Å². The molecule has 0 N–H and O–H groups in total. The van der Waals surface area contributed by atoms with E-state index in [1.807, 2.05) is 6.92 Å². The lowest BCUT2D eigenvalue weighted by molar-refractivity contribution is -0.131. The zero-order chi connectivity index (χ0) is 19.4. The molecule has 0 aliphatic rings. The van der Waals surface area contributed by atoms with Gasteiger partial charge in [-0.3, -0.25) is 4.79 Å². The van der Waals surface area contributed by atoms with E-state index in [4.69, 9.17) is 4.42 Å². The molecule has 1 heterocycles. The average Bonchev–Trinajstić information content (AvgIpc) is 3.15. The number of hydrogen-bond donors (Lipinski definition) is 0. The van der Waals surface area contributed by atoms with Crippen molar-refractivity contribution in [3.8, 4) is 11.3 Å².